The Morgan fingerprint density at radius 2 is 2.71 bits per heavy atom. The molecule has 0 saturated heterocycles. The summed E-state index contributed by atoms with van der Waals surface area (Å²) in [6, 6.07) is 0. The lowest BCUT2D eigenvalue weighted by molar-refractivity contribution is 0.351. The van der Waals surface area contributed by atoms with Crippen molar-refractivity contribution in [3.05, 3.63) is 0 Å². The van der Waals surface area contributed by atoms with Gasteiger partial charge < -0.3 is 9.22 Å². The van der Waals surface area contributed by atoms with Gasteiger partial charge in [0.2, 0.25) is 19.0 Å². The predicted octanol–water partition coefficient (Wildman–Crippen LogP) is -1.29. The molecule has 0 unspecified atom stereocenters. The van der Waals surface area contributed by atoms with Crippen molar-refractivity contribution in [2.45, 2.75) is 6.55 Å². The van der Waals surface area contributed by atoms with E-state index in [9.17, 15) is 0 Å². The number of rotatable bonds is 1. The fourth-order valence-corrected chi connectivity index (χ4v) is 1.21. The van der Waals surface area contributed by atoms with E-state index in [1.165, 1.54) is 0 Å². The third-order valence-electron chi connectivity index (χ3n) is 0.368. The molecule has 0 amide bonds. The molecule has 0 saturated carbocycles. The van der Waals surface area contributed by atoms with Crippen molar-refractivity contribution in [2.75, 3.05) is 6.61 Å². The zero-order valence-electron chi connectivity index (χ0n) is 4.27. The monoisotopic (exact) mass is 132 g/mol. The summed E-state index contributed by atoms with van der Waals surface area (Å²) < 4.78 is 4.97. The van der Waals surface area contributed by atoms with Crippen LogP contribution in [-0.2, 0) is 4.12 Å². The number of hydrogen-bond donors (Lipinski definition) is 1. The van der Waals surface area contributed by atoms with E-state index in [0.717, 1.165) is 0 Å². The average molecular weight is 132 g/mol. The summed E-state index contributed by atoms with van der Waals surface area (Å²) in [5.74, 6) is 0. The second kappa shape index (κ2) is 5.97. The van der Waals surface area contributed by atoms with Crippen molar-refractivity contribution in [1.29, 1.82) is 0 Å². The lowest BCUT2D eigenvalue weighted by Crippen LogP contribution is -1.89. The van der Waals surface area contributed by atoms with Crippen LogP contribution < -0.4 is 0 Å². The van der Waals surface area contributed by atoms with Crippen LogP contribution in [0.3, 0.4) is 0 Å². The minimum absolute atomic E-state index is 0.0207. The Labute approximate surface area is 47.7 Å². The molecule has 0 bridgehead atoms. The number of aliphatic hydroxyl groups is 1. The van der Waals surface area contributed by atoms with Crippen LogP contribution in [-0.4, -0.2) is 30.7 Å². The molecule has 4 heteroatoms. The van der Waals surface area contributed by atoms with E-state index < -0.39 is 0 Å². The van der Waals surface area contributed by atoms with Crippen molar-refractivity contribution in [2.24, 2.45) is 0 Å². The van der Waals surface area contributed by atoms with Gasteiger partial charge in [-0.15, -0.1) is 0 Å². The molecule has 0 radical (unpaired) electrons. The SMILES string of the molecule is C[SiH2]O[Si]#CCO. The van der Waals surface area contributed by atoms with Gasteiger partial charge in [-0.25, -0.2) is 0 Å². The van der Waals surface area contributed by atoms with Crippen LogP contribution in [0.4, 0.5) is 0 Å². The van der Waals surface area contributed by atoms with Gasteiger partial charge in [0.25, 0.3) is 0 Å². The smallest absolute Gasteiger partial charge is 0.229 e. The summed E-state index contributed by atoms with van der Waals surface area (Å²) in [5, 5.41) is 8.12. The normalized spacial score (nSPS) is 8.29. The fraction of sp³-hybridized carbons (Fsp3) is 0.667. The van der Waals surface area contributed by atoms with Gasteiger partial charge in [-0.3, -0.25) is 0 Å². The zero-order chi connectivity index (χ0) is 5.54. The molecule has 0 spiro atoms. The Bertz CT molecular complexity index is 82.7. The van der Waals surface area contributed by atoms with Crippen molar-refractivity contribution >= 4 is 19.0 Å². The van der Waals surface area contributed by atoms with Gasteiger partial charge in [-0.2, -0.15) is 0 Å². The first-order valence-electron chi connectivity index (χ1n) is 2.12. The average Bonchev–Trinajstić information content (AvgIpc) is 1.69. The maximum atomic E-state index is 8.12. The van der Waals surface area contributed by atoms with Crippen molar-refractivity contribution in [1.82, 2.24) is 0 Å². The summed E-state index contributed by atoms with van der Waals surface area (Å²) in [7, 11) is 0.0264. The second-order valence-electron chi connectivity index (χ2n) is 0.870. The Hall–Kier alpha value is -0.0262. The molecule has 0 fully saturated rings. The van der Waals surface area contributed by atoms with E-state index >= 15 is 0 Å². The van der Waals surface area contributed by atoms with Crippen LogP contribution in [0, 0.1) is 5.50 Å². The first kappa shape index (κ1) is 6.97. The molecule has 0 aromatic carbocycles. The molecule has 1 N–H and O–H groups in total. The summed E-state index contributed by atoms with van der Waals surface area (Å²) in [5.41, 5.74) is 2.64. The quantitative estimate of drug-likeness (QED) is 0.450. The fourth-order valence-electron chi connectivity index (χ4n) is 0.155. The largest absolute Gasteiger partial charge is 0.564 e. The molecular weight excluding hydrogens is 124 g/mol. The summed E-state index contributed by atoms with van der Waals surface area (Å²) in [6.45, 7) is 2.07. The molecule has 0 aliphatic carbocycles. The highest BCUT2D eigenvalue weighted by Gasteiger charge is 1.65. The molecule has 0 atom stereocenters. The van der Waals surface area contributed by atoms with Gasteiger partial charge in [-0.1, -0.05) is 5.50 Å². The number of hydrogen-bond acceptors (Lipinski definition) is 2. The lowest BCUT2D eigenvalue weighted by Gasteiger charge is -1.83. The van der Waals surface area contributed by atoms with E-state index in [-0.39, 0.29) is 16.4 Å². The third kappa shape index (κ3) is 5.97. The molecule has 0 aromatic rings. The number of aliphatic hydroxyl groups excluding tert-OH is 1. The molecular formula is C3H8O2Si2. The van der Waals surface area contributed by atoms with Gasteiger partial charge in [0, 0.05) is 0 Å². The van der Waals surface area contributed by atoms with Gasteiger partial charge in [0.1, 0.15) is 0 Å². The molecule has 40 valence electrons. The maximum absolute atomic E-state index is 8.12. The van der Waals surface area contributed by atoms with Crippen LogP contribution >= 0.6 is 0 Å². The van der Waals surface area contributed by atoms with Gasteiger partial charge in [-0.05, 0) is 6.55 Å². The molecule has 0 rings (SSSR count). The molecule has 0 aromatic heterocycles. The highest BCUT2D eigenvalue weighted by Crippen LogP contribution is 1.53. The summed E-state index contributed by atoms with van der Waals surface area (Å²) >= 11 is 0. The lowest BCUT2D eigenvalue weighted by atomic mass is 10.9. The molecule has 0 aliphatic rings. The molecule has 7 heavy (non-hydrogen) atoms. The third-order valence-corrected chi connectivity index (χ3v) is 2.40. The second-order valence-corrected chi connectivity index (χ2v) is 3.16. The first-order chi connectivity index (χ1) is 3.41. The Balaban J connectivity index is 2.91. The highest BCUT2D eigenvalue weighted by atomic mass is 28.3. The van der Waals surface area contributed by atoms with Crippen LogP contribution in [0.5, 0.6) is 0 Å². The Morgan fingerprint density at radius 3 is 3.14 bits per heavy atom. The van der Waals surface area contributed by atoms with E-state index in [4.69, 9.17) is 9.22 Å². The zero-order valence-corrected chi connectivity index (χ0v) is 6.68. The van der Waals surface area contributed by atoms with Crippen molar-refractivity contribution < 1.29 is 9.22 Å². The minimum atomic E-state index is -0.268. The van der Waals surface area contributed by atoms with E-state index in [0.29, 0.717) is 9.20 Å². The van der Waals surface area contributed by atoms with Crippen LogP contribution in [0.2, 0.25) is 6.55 Å². The van der Waals surface area contributed by atoms with Crippen LogP contribution in [0.1, 0.15) is 0 Å². The van der Waals surface area contributed by atoms with Crippen LogP contribution in [0.25, 0.3) is 0 Å². The van der Waals surface area contributed by atoms with Crippen LogP contribution in [0.15, 0.2) is 0 Å². The standard InChI is InChI=1S/C3H8O2Si2/c1-6-5-7-3-2-4/h4H,2,6H2,1H3. The molecule has 0 heterocycles. The van der Waals surface area contributed by atoms with Crippen molar-refractivity contribution in [3.8, 4) is 5.50 Å². The van der Waals surface area contributed by atoms with Gasteiger partial charge in [0.15, 0.2) is 0 Å². The van der Waals surface area contributed by atoms with Crippen molar-refractivity contribution in [3.63, 3.8) is 0 Å². The Morgan fingerprint density at radius 1 is 2.00 bits per heavy atom. The molecule has 0 aliphatic heterocycles. The topological polar surface area (TPSA) is 29.5 Å². The summed E-state index contributed by atoms with van der Waals surface area (Å²) in [4.78, 5) is 0. The van der Waals surface area contributed by atoms with Gasteiger partial charge >= 0.3 is 0 Å². The highest BCUT2D eigenvalue weighted by molar-refractivity contribution is 6.36. The van der Waals surface area contributed by atoms with Gasteiger partial charge in [0.05, 0.1) is 6.61 Å². The first-order valence-corrected chi connectivity index (χ1v) is 5.02. The van der Waals surface area contributed by atoms with E-state index in [1.54, 1.807) is 0 Å². The van der Waals surface area contributed by atoms with E-state index in [2.05, 4.69) is 5.50 Å². The Kier molecular flexibility index (Phi) is 5.95. The maximum Gasteiger partial charge on any atom is 0.229 e. The summed E-state index contributed by atoms with van der Waals surface area (Å²) in [6.07, 6.45) is 0. The predicted molar refractivity (Wildman–Crippen MR) is 32.2 cm³/mol. The molecule has 2 nitrogen and oxygen atoms in total. The minimum Gasteiger partial charge on any atom is -0.564 e. The van der Waals surface area contributed by atoms with E-state index in [1.807, 2.05) is 6.55 Å².